The van der Waals surface area contributed by atoms with Crippen LogP contribution in [-0.4, -0.2) is 18.1 Å². The standard InChI is InChI=1S/C12H12N2O3/c1-7-10(12(15)16-2)14-11(17-7)8-3-5-9(13)6-4-8/h3-6H,13H2,1-2H3. The molecule has 5 nitrogen and oxygen atoms in total. The number of rotatable bonds is 2. The second kappa shape index (κ2) is 4.29. The van der Waals surface area contributed by atoms with Crippen LogP contribution in [-0.2, 0) is 4.74 Å². The SMILES string of the molecule is COC(=O)c1nc(-c2ccc(N)cc2)oc1C. The number of oxazole rings is 1. The summed E-state index contributed by atoms with van der Waals surface area (Å²) in [5.41, 5.74) is 7.20. The van der Waals surface area contributed by atoms with E-state index in [-0.39, 0.29) is 5.69 Å². The van der Waals surface area contributed by atoms with Crippen molar-refractivity contribution < 1.29 is 13.9 Å². The summed E-state index contributed by atoms with van der Waals surface area (Å²) in [5.74, 6) is 0.305. The Morgan fingerprint density at radius 2 is 2.00 bits per heavy atom. The van der Waals surface area contributed by atoms with Gasteiger partial charge in [0.1, 0.15) is 5.76 Å². The van der Waals surface area contributed by atoms with Crippen molar-refractivity contribution in [2.24, 2.45) is 0 Å². The van der Waals surface area contributed by atoms with Gasteiger partial charge < -0.3 is 14.9 Å². The van der Waals surface area contributed by atoms with E-state index in [0.29, 0.717) is 17.3 Å². The molecule has 88 valence electrons. The number of aryl methyl sites for hydroxylation is 1. The van der Waals surface area contributed by atoms with Gasteiger partial charge in [-0.1, -0.05) is 0 Å². The summed E-state index contributed by atoms with van der Waals surface area (Å²) in [6, 6.07) is 7.04. The van der Waals surface area contributed by atoms with Crippen LogP contribution in [0.3, 0.4) is 0 Å². The van der Waals surface area contributed by atoms with E-state index in [1.165, 1.54) is 7.11 Å². The first-order chi connectivity index (χ1) is 8.11. The lowest BCUT2D eigenvalue weighted by Gasteiger charge is -1.95. The first kappa shape index (κ1) is 11.2. The van der Waals surface area contributed by atoms with Gasteiger partial charge in [-0.3, -0.25) is 0 Å². The predicted molar refractivity (Wildman–Crippen MR) is 62.4 cm³/mol. The number of carbonyl (C=O) groups is 1. The number of carbonyl (C=O) groups excluding carboxylic acids is 1. The molecular weight excluding hydrogens is 220 g/mol. The zero-order chi connectivity index (χ0) is 12.4. The van der Waals surface area contributed by atoms with E-state index >= 15 is 0 Å². The van der Waals surface area contributed by atoms with Gasteiger partial charge >= 0.3 is 5.97 Å². The lowest BCUT2D eigenvalue weighted by Crippen LogP contribution is -2.03. The van der Waals surface area contributed by atoms with Crippen molar-refractivity contribution in [2.45, 2.75) is 6.92 Å². The Hall–Kier alpha value is -2.30. The minimum atomic E-state index is -0.507. The highest BCUT2D eigenvalue weighted by molar-refractivity contribution is 5.88. The molecule has 0 aliphatic heterocycles. The molecule has 0 unspecified atom stereocenters. The van der Waals surface area contributed by atoms with Crippen molar-refractivity contribution in [3.05, 3.63) is 35.7 Å². The Bertz CT molecular complexity index is 543. The zero-order valence-electron chi connectivity index (χ0n) is 9.56. The first-order valence-corrected chi connectivity index (χ1v) is 5.03. The van der Waals surface area contributed by atoms with Crippen molar-refractivity contribution in [3.63, 3.8) is 0 Å². The van der Waals surface area contributed by atoms with Gasteiger partial charge in [0, 0.05) is 11.3 Å². The molecule has 0 amide bonds. The number of hydrogen-bond donors (Lipinski definition) is 1. The first-order valence-electron chi connectivity index (χ1n) is 5.03. The van der Waals surface area contributed by atoms with E-state index in [1.54, 1.807) is 31.2 Å². The number of benzene rings is 1. The molecule has 0 radical (unpaired) electrons. The van der Waals surface area contributed by atoms with Crippen LogP contribution in [0, 0.1) is 6.92 Å². The molecule has 1 aromatic carbocycles. The molecule has 0 saturated carbocycles. The zero-order valence-corrected chi connectivity index (χ0v) is 9.56. The Labute approximate surface area is 98.2 Å². The Morgan fingerprint density at radius 3 is 2.59 bits per heavy atom. The molecule has 1 aromatic heterocycles. The maximum absolute atomic E-state index is 11.4. The Morgan fingerprint density at radius 1 is 1.35 bits per heavy atom. The summed E-state index contributed by atoms with van der Waals surface area (Å²) >= 11 is 0. The van der Waals surface area contributed by atoms with Crippen molar-refractivity contribution in [2.75, 3.05) is 12.8 Å². The number of anilines is 1. The van der Waals surface area contributed by atoms with Gasteiger partial charge in [0.25, 0.3) is 0 Å². The number of aromatic nitrogens is 1. The number of methoxy groups -OCH3 is 1. The summed E-state index contributed by atoms with van der Waals surface area (Å²) in [5, 5.41) is 0. The molecule has 0 fully saturated rings. The Balaban J connectivity index is 2.41. The van der Waals surface area contributed by atoms with E-state index in [9.17, 15) is 4.79 Å². The fourth-order valence-corrected chi connectivity index (χ4v) is 1.43. The summed E-state index contributed by atoms with van der Waals surface area (Å²) in [6.07, 6.45) is 0. The summed E-state index contributed by atoms with van der Waals surface area (Å²) in [4.78, 5) is 15.5. The van der Waals surface area contributed by atoms with Crippen LogP contribution in [0.1, 0.15) is 16.2 Å². The van der Waals surface area contributed by atoms with Gasteiger partial charge in [0.2, 0.25) is 5.89 Å². The lowest BCUT2D eigenvalue weighted by atomic mass is 10.2. The van der Waals surface area contributed by atoms with Gasteiger partial charge in [-0.15, -0.1) is 0 Å². The number of nitrogen functional groups attached to an aromatic ring is 1. The van der Waals surface area contributed by atoms with E-state index in [4.69, 9.17) is 10.2 Å². The van der Waals surface area contributed by atoms with Crippen LogP contribution >= 0.6 is 0 Å². The average molecular weight is 232 g/mol. The van der Waals surface area contributed by atoms with Crippen molar-refractivity contribution in [3.8, 4) is 11.5 Å². The van der Waals surface area contributed by atoms with Crippen molar-refractivity contribution in [1.82, 2.24) is 4.98 Å². The van der Waals surface area contributed by atoms with E-state index < -0.39 is 5.97 Å². The van der Waals surface area contributed by atoms with E-state index in [0.717, 1.165) is 5.56 Å². The minimum Gasteiger partial charge on any atom is -0.464 e. The summed E-state index contributed by atoms with van der Waals surface area (Å²) in [7, 11) is 1.30. The molecule has 2 N–H and O–H groups in total. The monoisotopic (exact) mass is 232 g/mol. The van der Waals surface area contributed by atoms with Crippen LogP contribution in [0.15, 0.2) is 28.7 Å². The summed E-state index contributed by atoms with van der Waals surface area (Å²) < 4.78 is 10.0. The topological polar surface area (TPSA) is 78.3 Å². The molecule has 0 spiro atoms. The van der Waals surface area contributed by atoms with Crippen LogP contribution in [0.25, 0.3) is 11.5 Å². The Kier molecular flexibility index (Phi) is 2.82. The molecule has 0 saturated heterocycles. The molecule has 17 heavy (non-hydrogen) atoms. The molecule has 0 aliphatic rings. The normalized spacial score (nSPS) is 10.2. The van der Waals surface area contributed by atoms with Crippen molar-refractivity contribution >= 4 is 11.7 Å². The molecule has 5 heteroatoms. The predicted octanol–water partition coefficient (Wildman–Crippen LogP) is 2.02. The number of nitrogens with zero attached hydrogens (tertiary/aromatic N) is 1. The molecule has 1 heterocycles. The van der Waals surface area contributed by atoms with Gasteiger partial charge in [0.05, 0.1) is 7.11 Å². The number of ether oxygens (including phenoxy) is 1. The lowest BCUT2D eigenvalue weighted by molar-refractivity contribution is 0.0593. The minimum absolute atomic E-state index is 0.194. The largest absolute Gasteiger partial charge is 0.464 e. The molecular formula is C12H12N2O3. The second-order valence-electron chi connectivity index (χ2n) is 3.54. The highest BCUT2D eigenvalue weighted by Crippen LogP contribution is 2.22. The highest BCUT2D eigenvalue weighted by Gasteiger charge is 2.18. The molecule has 0 aliphatic carbocycles. The van der Waals surface area contributed by atoms with E-state index in [2.05, 4.69) is 9.72 Å². The molecule has 2 aromatic rings. The van der Waals surface area contributed by atoms with E-state index in [1.807, 2.05) is 0 Å². The fraction of sp³-hybridized carbons (Fsp3) is 0.167. The van der Waals surface area contributed by atoms with Crippen LogP contribution in [0.5, 0.6) is 0 Å². The number of hydrogen-bond acceptors (Lipinski definition) is 5. The maximum Gasteiger partial charge on any atom is 0.360 e. The smallest absolute Gasteiger partial charge is 0.360 e. The third kappa shape index (κ3) is 2.13. The quantitative estimate of drug-likeness (QED) is 0.633. The third-order valence-corrected chi connectivity index (χ3v) is 2.33. The van der Waals surface area contributed by atoms with Gasteiger partial charge in [-0.05, 0) is 31.2 Å². The van der Waals surface area contributed by atoms with Crippen molar-refractivity contribution in [1.29, 1.82) is 0 Å². The van der Waals surface area contributed by atoms with Crippen LogP contribution < -0.4 is 5.73 Å². The molecule has 2 rings (SSSR count). The summed E-state index contributed by atoms with van der Waals surface area (Å²) in [6.45, 7) is 1.67. The molecule has 0 bridgehead atoms. The number of nitrogens with two attached hydrogens (primary N) is 1. The van der Waals surface area contributed by atoms with Gasteiger partial charge in [-0.25, -0.2) is 9.78 Å². The fourth-order valence-electron chi connectivity index (χ4n) is 1.43. The van der Waals surface area contributed by atoms with Gasteiger partial charge in [0.15, 0.2) is 5.69 Å². The highest BCUT2D eigenvalue weighted by atomic mass is 16.5. The second-order valence-corrected chi connectivity index (χ2v) is 3.54. The average Bonchev–Trinajstić information content (AvgIpc) is 2.71. The van der Waals surface area contributed by atoms with Crippen LogP contribution in [0.2, 0.25) is 0 Å². The van der Waals surface area contributed by atoms with Gasteiger partial charge in [-0.2, -0.15) is 0 Å². The molecule has 0 atom stereocenters. The number of esters is 1. The van der Waals surface area contributed by atoms with Crippen LogP contribution in [0.4, 0.5) is 5.69 Å². The third-order valence-electron chi connectivity index (χ3n) is 2.33. The maximum atomic E-state index is 11.4.